The van der Waals surface area contributed by atoms with Crippen LogP contribution in [0, 0.1) is 11.3 Å². The number of rotatable bonds is 11. The second-order valence-corrected chi connectivity index (χ2v) is 5.31. The fourth-order valence-electron chi connectivity index (χ4n) is 2.23. The van der Waals surface area contributed by atoms with Crippen molar-refractivity contribution in [1.82, 2.24) is 0 Å². The van der Waals surface area contributed by atoms with Gasteiger partial charge in [-0.1, -0.05) is 58.3 Å². The van der Waals surface area contributed by atoms with Crippen LogP contribution in [0.4, 0.5) is 0 Å². The van der Waals surface area contributed by atoms with E-state index in [0.29, 0.717) is 5.56 Å². The molecule has 1 aromatic carbocycles. The molecule has 0 fully saturated rings. The predicted octanol–water partition coefficient (Wildman–Crippen LogP) is 5.47. The Morgan fingerprint density at radius 3 is 1.95 bits per heavy atom. The minimum absolute atomic E-state index is 0.681. The minimum Gasteiger partial charge on any atom is -0.494 e. The van der Waals surface area contributed by atoms with E-state index in [-0.39, 0.29) is 0 Å². The molecule has 2 heteroatoms. The van der Waals surface area contributed by atoms with Crippen LogP contribution in [0.5, 0.6) is 5.75 Å². The molecule has 0 aromatic heterocycles. The van der Waals surface area contributed by atoms with Gasteiger partial charge in [0.15, 0.2) is 0 Å². The molecule has 0 spiro atoms. The molecule has 0 aliphatic rings. The quantitative estimate of drug-likeness (QED) is 0.501. The van der Waals surface area contributed by atoms with Gasteiger partial charge in [-0.05, 0) is 30.7 Å². The summed E-state index contributed by atoms with van der Waals surface area (Å²) in [6.45, 7) is 3.04. The summed E-state index contributed by atoms with van der Waals surface area (Å²) in [7, 11) is 0. The highest BCUT2D eigenvalue weighted by atomic mass is 16.5. The van der Waals surface area contributed by atoms with E-state index in [1.54, 1.807) is 12.1 Å². The lowest BCUT2D eigenvalue weighted by molar-refractivity contribution is 0.304. The van der Waals surface area contributed by atoms with Crippen molar-refractivity contribution in [2.75, 3.05) is 6.61 Å². The van der Waals surface area contributed by atoms with E-state index in [1.165, 1.54) is 51.4 Å². The molecular formula is C18H27NO. The zero-order chi connectivity index (χ0) is 14.5. The predicted molar refractivity (Wildman–Crippen MR) is 83.9 cm³/mol. The monoisotopic (exact) mass is 273 g/mol. The topological polar surface area (TPSA) is 33.0 Å². The highest BCUT2D eigenvalue weighted by Crippen LogP contribution is 2.13. The second-order valence-electron chi connectivity index (χ2n) is 5.31. The number of hydrogen-bond acceptors (Lipinski definition) is 2. The molecule has 20 heavy (non-hydrogen) atoms. The van der Waals surface area contributed by atoms with E-state index in [2.05, 4.69) is 13.0 Å². The van der Waals surface area contributed by atoms with Gasteiger partial charge in [0.1, 0.15) is 5.75 Å². The van der Waals surface area contributed by atoms with Crippen molar-refractivity contribution < 1.29 is 4.74 Å². The van der Waals surface area contributed by atoms with Crippen LogP contribution in [0.15, 0.2) is 24.3 Å². The number of nitriles is 1. The highest BCUT2D eigenvalue weighted by molar-refractivity contribution is 5.34. The van der Waals surface area contributed by atoms with Crippen LogP contribution in [0.25, 0.3) is 0 Å². The van der Waals surface area contributed by atoms with Crippen LogP contribution in [0.3, 0.4) is 0 Å². The van der Waals surface area contributed by atoms with E-state index in [4.69, 9.17) is 10.00 Å². The van der Waals surface area contributed by atoms with E-state index in [0.717, 1.165) is 18.8 Å². The summed E-state index contributed by atoms with van der Waals surface area (Å²) in [6, 6.07) is 9.44. The SMILES string of the molecule is CCCCCCCCCCCOc1ccc(C#N)cc1. The van der Waals surface area contributed by atoms with Gasteiger partial charge >= 0.3 is 0 Å². The maximum atomic E-state index is 8.70. The number of ether oxygens (including phenoxy) is 1. The highest BCUT2D eigenvalue weighted by Gasteiger charge is 1.95. The number of benzene rings is 1. The molecule has 0 unspecified atom stereocenters. The van der Waals surface area contributed by atoms with Gasteiger partial charge in [-0.15, -0.1) is 0 Å². The van der Waals surface area contributed by atoms with Crippen LogP contribution in [-0.2, 0) is 0 Å². The zero-order valence-corrected chi connectivity index (χ0v) is 12.7. The summed E-state index contributed by atoms with van der Waals surface area (Å²) >= 11 is 0. The van der Waals surface area contributed by atoms with Gasteiger partial charge in [0.25, 0.3) is 0 Å². The molecule has 0 N–H and O–H groups in total. The Hall–Kier alpha value is -1.49. The van der Waals surface area contributed by atoms with Gasteiger partial charge in [-0.25, -0.2) is 0 Å². The van der Waals surface area contributed by atoms with E-state index < -0.39 is 0 Å². The summed E-state index contributed by atoms with van der Waals surface area (Å²) < 4.78 is 5.66. The molecular weight excluding hydrogens is 246 g/mol. The van der Waals surface area contributed by atoms with Gasteiger partial charge in [-0.2, -0.15) is 5.26 Å². The molecule has 0 amide bonds. The lowest BCUT2D eigenvalue weighted by Crippen LogP contribution is -1.97. The summed E-state index contributed by atoms with van der Waals surface area (Å²) in [5.74, 6) is 0.864. The Labute approximate surface area is 123 Å². The molecule has 0 heterocycles. The van der Waals surface area contributed by atoms with Crippen molar-refractivity contribution in [3.63, 3.8) is 0 Å². The third kappa shape index (κ3) is 7.84. The zero-order valence-electron chi connectivity index (χ0n) is 12.7. The lowest BCUT2D eigenvalue weighted by Gasteiger charge is -2.06. The molecule has 0 atom stereocenters. The summed E-state index contributed by atoms with van der Waals surface area (Å²) in [4.78, 5) is 0. The first-order chi connectivity index (χ1) is 9.86. The Kier molecular flexibility index (Phi) is 9.40. The standard InChI is InChI=1S/C18H27NO/c1-2-3-4-5-6-7-8-9-10-15-20-18-13-11-17(16-19)12-14-18/h11-14H,2-10,15H2,1H3. The largest absolute Gasteiger partial charge is 0.494 e. The van der Waals surface area contributed by atoms with Crippen molar-refractivity contribution in [3.8, 4) is 11.8 Å². The summed E-state index contributed by atoms with van der Waals surface area (Å²) in [6.07, 6.45) is 12.0. The molecule has 2 nitrogen and oxygen atoms in total. The molecule has 1 aromatic rings. The summed E-state index contributed by atoms with van der Waals surface area (Å²) in [5.41, 5.74) is 0.681. The molecule has 1 rings (SSSR count). The van der Waals surface area contributed by atoms with Crippen LogP contribution in [0.1, 0.15) is 70.3 Å². The lowest BCUT2D eigenvalue weighted by atomic mass is 10.1. The number of hydrogen-bond donors (Lipinski definition) is 0. The van der Waals surface area contributed by atoms with E-state index >= 15 is 0 Å². The van der Waals surface area contributed by atoms with Crippen molar-refractivity contribution in [3.05, 3.63) is 29.8 Å². The molecule has 0 saturated carbocycles. The van der Waals surface area contributed by atoms with Gasteiger partial charge in [0.05, 0.1) is 18.2 Å². The van der Waals surface area contributed by atoms with Crippen molar-refractivity contribution in [2.45, 2.75) is 64.7 Å². The fourth-order valence-corrected chi connectivity index (χ4v) is 2.23. The minimum atomic E-state index is 0.681. The van der Waals surface area contributed by atoms with Gasteiger partial charge in [-0.3, -0.25) is 0 Å². The van der Waals surface area contributed by atoms with Gasteiger partial charge in [0, 0.05) is 0 Å². The van der Waals surface area contributed by atoms with Crippen LogP contribution >= 0.6 is 0 Å². The van der Waals surface area contributed by atoms with Crippen LogP contribution in [0.2, 0.25) is 0 Å². The molecule has 110 valence electrons. The van der Waals surface area contributed by atoms with Crippen LogP contribution < -0.4 is 4.74 Å². The molecule has 0 aliphatic heterocycles. The molecule has 0 bridgehead atoms. The smallest absolute Gasteiger partial charge is 0.119 e. The Morgan fingerprint density at radius 1 is 0.850 bits per heavy atom. The average Bonchev–Trinajstić information content (AvgIpc) is 2.50. The Morgan fingerprint density at radius 2 is 1.40 bits per heavy atom. The average molecular weight is 273 g/mol. The number of unbranched alkanes of at least 4 members (excludes halogenated alkanes) is 8. The van der Waals surface area contributed by atoms with Crippen molar-refractivity contribution in [1.29, 1.82) is 5.26 Å². The molecule has 0 aliphatic carbocycles. The maximum Gasteiger partial charge on any atom is 0.119 e. The first-order valence-corrected chi connectivity index (χ1v) is 7.99. The van der Waals surface area contributed by atoms with Crippen molar-refractivity contribution >= 4 is 0 Å². The van der Waals surface area contributed by atoms with Crippen molar-refractivity contribution in [2.24, 2.45) is 0 Å². The third-order valence-corrected chi connectivity index (χ3v) is 3.50. The molecule has 0 radical (unpaired) electrons. The van der Waals surface area contributed by atoms with Crippen LogP contribution in [-0.4, -0.2) is 6.61 Å². The van der Waals surface area contributed by atoms with E-state index in [9.17, 15) is 0 Å². The first-order valence-electron chi connectivity index (χ1n) is 7.99. The first kappa shape index (κ1) is 16.6. The van der Waals surface area contributed by atoms with E-state index in [1.807, 2.05) is 12.1 Å². The maximum absolute atomic E-state index is 8.70. The van der Waals surface area contributed by atoms with Gasteiger partial charge < -0.3 is 4.74 Å². The second kappa shape index (κ2) is 11.3. The third-order valence-electron chi connectivity index (χ3n) is 3.50. The normalized spacial score (nSPS) is 10.2. The Balaban J connectivity index is 1.93. The summed E-state index contributed by atoms with van der Waals surface area (Å²) in [5, 5.41) is 8.70. The Bertz CT molecular complexity index is 377. The van der Waals surface area contributed by atoms with Gasteiger partial charge in [0.2, 0.25) is 0 Å². The fraction of sp³-hybridized carbons (Fsp3) is 0.611. The number of nitrogens with zero attached hydrogens (tertiary/aromatic N) is 1. The molecule has 0 saturated heterocycles.